The molecule has 0 unspecified atom stereocenters. The molecule has 2 aliphatic heterocycles. The Kier molecular flexibility index (Phi) is 3.12. The molecule has 2 heterocycles. The van der Waals surface area contributed by atoms with Crippen molar-refractivity contribution in [1.29, 1.82) is 0 Å². The average Bonchev–Trinajstić information content (AvgIpc) is 2.97. The van der Waals surface area contributed by atoms with Crippen LogP contribution in [-0.4, -0.2) is 6.61 Å². The third-order valence-corrected chi connectivity index (χ3v) is 4.66. The van der Waals surface area contributed by atoms with E-state index in [1.54, 1.807) is 0 Å². The van der Waals surface area contributed by atoms with Gasteiger partial charge in [-0.3, -0.25) is 0 Å². The second-order valence-electron chi connectivity index (χ2n) is 5.65. The van der Waals surface area contributed by atoms with Gasteiger partial charge < -0.3 is 10.1 Å². The minimum absolute atomic E-state index is 0.0648. The topological polar surface area (TPSA) is 21.3 Å². The molecule has 4 heteroatoms. The first kappa shape index (κ1) is 13.1. The zero-order valence-electron chi connectivity index (χ0n) is 11.4. The lowest BCUT2D eigenvalue weighted by atomic mass is 9.81. The van der Waals surface area contributed by atoms with E-state index >= 15 is 0 Å². The standard InChI is InChI=1S/C17H15ClFNO/c18-11-3-6-15-14(9-11)17-13(7-8-21-17)16(20-15)10-1-4-12(19)5-2-10/h1-6,9,13,16-17,20H,7-8H2/t13-,16+,17-/m1/s1. The van der Waals surface area contributed by atoms with E-state index in [0.29, 0.717) is 5.92 Å². The molecule has 108 valence electrons. The molecule has 0 amide bonds. The molecule has 2 aromatic rings. The largest absolute Gasteiger partial charge is 0.378 e. The van der Waals surface area contributed by atoms with Crippen molar-refractivity contribution in [2.24, 2.45) is 5.92 Å². The fourth-order valence-electron chi connectivity index (χ4n) is 3.44. The van der Waals surface area contributed by atoms with E-state index in [9.17, 15) is 4.39 Å². The molecule has 2 aromatic carbocycles. The van der Waals surface area contributed by atoms with Gasteiger partial charge in [-0.1, -0.05) is 23.7 Å². The Morgan fingerprint density at radius 3 is 2.76 bits per heavy atom. The maximum absolute atomic E-state index is 13.1. The van der Waals surface area contributed by atoms with Gasteiger partial charge in [0.2, 0.25) is 0 Å². The first-order valence-electron chi connectivity index (χ1n) is 7.15. The van der Waals surface area contributed by atoms with Crippen LogP contribution in [0.3, 0.4) is 0 Å². The highest BCUT2D eigenvalue weighted by Gasteiger charge is 2.41. The molecular weight excluding hydrogens is 289 g/mol. The predicted molar refractivity (Wildman–Crippen MR) is 81.0 cm³/mol. The Balaban J connectivity index is 1.77. The van der Waals surface area contributed by atoms with E-state index in [4.69, 9.17) is 16.3 Å². The maximum Gasteiger partial charge on any atom is 0.123 e. The van der Waals surface area contributed by atoms with Crippen LogP contribution >= 0.6 is 11.6 Å². The third kappa shape index (κ3) is 2.21. The van der Waals surface area contributed by atoms with Gasteiger partial charge in [-0.05, 0) is 42.3 Å². The van der Waals surface area contributed by atoms with E-state index in [1.165, 1.54) is 12.1 Å². The van der Waals surface area contributed by atoms with Gasteiger partial charge in [0, 0.05) is 28.8 Å². The molecule has 1 saturated heterocycles. The maximum atomic E-state index is 13.1. The van der Waals surface area contributed by atoms with Crippen LogP contribution in [0.2, 0.25) is 5.02 Å². The summed E-state index contributed by atoms with van der Waals surface area (Å²) in [6, 6.07) is 12.7. The van der Waals surface area contributed by atoms with Crippen LogP contribution in [0.5, 0.6) is 0 Å². The van der Waals surface area contributed by atoms with Crippen LogP contribution in [0, 0.1) is 11.7 Å². The highest BCUT2D eigenvalue weighted by atomic mass is 35.5. The molecule has 3 atom stereocenters. The first-order chi connectivity index (χ1) is 10.2. The summed E-state index contributed by atoms with van der Waals surface area (Å²) in [7, 11) is 0. The number of hydrogen-bond donors (Lipinski definition) is 1. The van der Waals surface area contributed by atoms with Gasteiger partial charge in [0.15, 0.2) is 0 Å². The lowest BCUT2D eigenvalue weighted by Crippen LogP contribution is -2.29. The van der Waals surface area contributed by atoms with Crippen molar-refractivity contribution in [2.45, 2.75) is 18.6 Å². The molecule has 0 aliphatic carbocycles. The van der Waals surface area contributed by atoms with E-state index in [1.807, 2.05) is 30.3 Å². The Labute approximate surface area is 127 Å². The zero-order valence-corrected chi connectivity index (χ0v) is 12.1. The summed E-state index contributed by atoms with van der Waals surface area (Å²) in [4.78, 5) is 0. The molecule has 0 bridgehead atoms. The SMILES string of the molecule is Fc1ccc([C@@H]2Nc3ccc(Cl)cc3[C@@H]3OCC[C@H]23)cc1. The highest BCUT2D eigenvalue weighted by Crippen LogP contribution is 2.50. The molecule has 21 heavy (non-hydrogen) atoms. The summed E-state index contributed by atoms with van der Waals surface area (Å²) in [6.45, 7) is 0.751. The van der Waals surface area contributed by atoms with E-state index in [2.05, 4.69) is 5.32 Å². The third-order valence-electron chi connectivity index (χ3n) is 4.43. The Morgan fingerprint density at radius 2 is 1.95 bits per heavy atom. The van der Waals surface area contributed by atoms with Crippen LogP contribution in [0.25, 0.3) is 0 Å². The van der Waals surface area contributed by atoms with E-state index < -0.39 is 0 Å². The van der Waals surface area contributed by atoms with Gasteiger partial charge in [-0.25, -0.2) is 4.39 Å². The monoisotopic (exact) mass is 303 g/mol. The number of benzene rings is 2. The predicted octanol–water partition coefficient (Wildman–Crippen LogP) is 4.72. The number of ether oxygens (including phenoxy) is 1. The van der Waals surface area contributed by atoms with Crippen LogP contribution < -0.4 is 5.32 Å². The zero-order chi connectivity index (χ0) is 14.4. The molecule has 4 rings (SSSR count). The molecular formula is C17H15ClFNO. The van der Waals surface area contributed by atoms with Crippen molar-refractivity contribution in [1.82, 2.24) is 0 Å². The molecule has 1 fully saturated rings. The number of fused-ring (bicyclic) bond motifs is 3. The van der Waals surface area contributed by atoms with Crippen LogP contribution in [-0.2, 0) is 4.74 Å². The normalized spacial score (nSPS) is 26.9. The number of halogens is 2. The van der Waals surface area contributed by atoms with Crippen molar-refractivity contribution in [3.8, 4) is 0 Å². The van der Waals surface area contributed by atoms with Crippen molar-refractivity contribution >= 4 is 17.3 Å². The summed E-state index contributed by atoms with van der Waals surface area (Å²) in [5.74, 6) is 0.141. The van der Waals surface area contributed by atoms with Crippen molar-refractivity contribution in [3.05, 3.63) is 64.4 Å². The fraction of sp³-hybridized carbons (Fsp3) is 0.294. The summed E-state index contributed by atoms with van der Waals surface area (Å²) in [6.07, 6.45) is 1.06. The summed E-state index contributed by atoms with van der Waals surface area (Å²) >= 11 is 6.11. The Hall–Kier alpha value is -1.58. The Bertz CT molecular complexity index is 673. The van der Waals surface area contributed by atoms with E-state index in [-0.39, 0.29) is 18.0 Å². The van der Waals surface area contributed by atoms with E-state index in [0.717, 1.165) is 34.9 Å². The van der Waals surface area contributed by atoms with Gasteiger partial charge >= 0.3 is 0 Å². The van der Waals surface area contributed by atoms with Crippen molar-refractivity contribution in [3.63, 3.8) is 0 Å². The van der Waals surface area contributed by atoms with Crippen molar-refractivity contribution in [2.75, 3.05) is 11.9 Å². The lowest BCUT2D eigenvalue weighted by Gasteiger charge is -2.36. The van der Waals surface area contributed by atoms with Gasteiger partial charge in [0.1, 0.15) is 5.82 Å². The summed E-state index contributed by atoms with van der Waals surface area (Å²) < 4.78 is 19.1. The van der Waals surface area contributed by atoms with Gasteiger partial charge in [0.25, 0.3) is 0 Å². The lowest BCUT2D eigenvalue weighted by molar-refractivity contribution is 0.0829. The Morgan fingerprint density at radius 1 is 1.14 bits per heavy atom. The van der Waals surface area contributed by atoms with Crippen LogP contribution in [0.15, 0.2) is 42.5 Å². The summed E-state index contributed by atoms with van der Waals surface area (Å²) in [5.41, 5.74) is 3.28. The number of nitrogens with one attached hydrogen (secondary N) is 1. The second kappa shape index (κ2) is 5.00. The van der Waals surface area contributed by atoms with Gasteiger partial charge in [-0.15, -0.1) is 0 Å². The smallest absolute Gasteiger partial charge is 0.123 e. The molecule has 0 aromatic heterocycles. The molecule has 2 nitrogen and oxygen atoms in total. The molecule has 0 radical (unpaired) electrons. The number of hydrogen-bond acceptors (Lipinski definition) is 2. The molecule has 0 saturated carbocycles. The number of anilines is 1. The average molecular weight is 304 g/mol. The minimum Gasteiger partial charge on any atom is -0.378 e. The molecule has 0 spiro atoms. The first-order valence-corrected chi connectivity index (χ1v) is 7.53. The van der Waals surface area contributed by atoms with Crippen molar-refractivity contribution < 1.29 is 9.13 Å². The van der Waals surface area contributed by atoms with Gasteiger partial charge in [-0.2, -0.15) is 0 Å². The highest BCUT2D eigenvalue weighted by molar-refractivity contribution is 6.30. The summed E-state index contributed by atoms with van der Waals surface area (Å²) in [5, 5.41) is 4.30. The number of rotatable bonds is 1. The molecule has 2 aliphatic rings. The second-order valence-corrected chi connectivity index (χ2v) is 6.09. The van der Waals surface area contributed by atoms with Crippen LogP contribution in [0.4, 0.5) is 10.1 Å². The van der Waals surface area contributed by atoms with Crippen LogP contribution in [0.1, 0.15) is 29.7 Å². The minimum atomic E-state index is -0.207. The molecule has 1 N–H and O–H groups in total. The quantitative estimate of drug-likeness (QED) is 0.823. The van der Waals surface area contributed by atoms with Gasteiger partial charge in [0.05, 0.1) is 12.1 Å². The fourth-order valence-corrected chi connectivity index (χ4v) is 3.62.